The third-order valence-electron chi connectivity index (χ3n) is 3.94. The summed E-state index contributed by atoms with van der Waals surface area (Å²) in [6.07, 6.45) is 4.97. The molecule has 0 bridgehead atoms. The van der Waals surface area contributed by atoms with E-state index in [0.717, 1.165) is 17.1 Å². The van der Waals surface area contributed by atoms with Crippen molar-refractivity contribution in [1.82, 2.24) is 0 Å². The van der Waals surface area contributed by atoms with Gasteiger partial charge in [0.2, 0.25) is 0 Å². The molecule has 20 heavy (non-hydrogen) atoms. The van der Waals surface area contributed by atoms with E-state index >= 15 is 0 Å². The second kappa shape index (κ2) is 5.68. The largest absolute Gasteiger partial charge is 0.457 e. The Morgan fingerprint density at radius 1 is 0.950 bits per heavy atom. The van der Waals surface area contributed by atoms with Gasteiger partial charge in [-0.15, -0.1) is 0 Å². The second-order valence-corrected chi connectivity index (χ2v) is 5.60. The Hall–Kier alpha value is -1.80. The Kier molecular flexibility index (Phi) is 3.75. The van der Waals surface area contributed by atoms with Gasteiger partial charge in [0.15, 0.2) is 0 Å². The highest BCUT2D eigenvalue weighted by molar-refractivity contribution is 5.40. The van der Waals surface area contributed by atoms with Crippen LogP contribution >= 0.6 is 0 Å². The van der Waals surface area contributed by atoms with Crippen molar-refractivity contribution in [2.75, 3.05) is 0 Å². The fourth-order valence-corrected chi connectivity index (χ4v) is 2.77. The minimum absolute atomic E-state index is 0.0297. The SMILES string of the molecule is CC(N)c1cccc(Oc2ccc3c(c2)CCCC3)c1. The molecule has 0 heterocycles. The van der Waals surface area contributed by atoms with Gasteiger partial charge in [-0.1, -0.05) is 18.2 Å². The van der Waals surface area contributed by atoms with Crippen molar-refractivity contribution in [2.24, 2.45) is 5.73 Å². The van der Waals surface area contributed by atoms with E-state index in [2.05, 4.69) is 18.2 Å². The second-order valence-electron chi connectivity index (χ2n) is 5.60. The summed E-state index contributed by atoms with van der Waals surface area (Å²) in [4.78, 5) is 0. The van der Waals surface area contributed by atoms with Crippen LogP contribution < -0.4 is 10.5 Å². The lowest BCUT2D eigenvalue weighted by Gasteiger charge is -2.17. The Bertz CT molecular complexity index is 604. The lowest BCUT2D eigenvalue weighted by Crippen LogP contribution is -2.04. The fourth-order valence-electron chi connectivity index (χ4n) is 2.77. The summed E-state index contributed by atoms with van der Waals surface area (Å²) in [6.45, 7) is 1.98. The van der Waals surface area contributed by atoms with E-state index in [1.165, 1.54) is 36.8 Å². The molecule has 1 atom stereocenters. The average Bonchev–Trinajstić information content (AvgIpc) is 2.47. The minimum Gasteiger partial charge on any atom is -0.457 e. The maximum Gasteiger partial charge on any atom is 0.127 e. The highest BCUT2D eigenvalue weighted by Crippen LogP contribution is 2.29. The first-order chi connectivity index (χ1) is 9.72. The van der Waals surface area contributed by atoms with Gasteiger partial charge >= 0.3 is 0 Å². The smallest absolute Gasteiger partial charge is 0.127 e. The van der Waals surface area contributed by atoms with Gasteiger partial charge in [-0.3, -0.25) is 0 Å². The van der Waals surface area contributed by atoms with Crippen LogP contribution in [0, 0.1) is 0 Å². The molecule has 1 aliphatic carbocycles. The lowest BCUT2D eigenvalue weighted by atomic mass is 9.92. The van der Waals surface area contributed by atoms with E-state index < -0.39 is 0 Å². The summed E-state index contributed by atoms with van der Waals surface area (Å²) in [5, 5.41) is 0. The average molecular weight is 267 g/mol. The normalized spacial score (nSPS) is 15.5. The predicted molar refractivity (Wildman–Crippen MR) is 82.2 cm³/mol. The topological polar surface area (TPSA) is 35.2 Å². The van der Waals surface area contributed by atoms with Crippen molar-refractivity contribution in [3.05, 3.63) is 59.2 Å². The fraction of sp³-hybridized carbons (Fsp3) is 0.333. The molecule has 0 saturated heterocycles. The molecule has 3 rings (SSSR count). The molecular weight excluding hydrogens is 246 g/mol. The first-order valence-electron chi connectivity index (χ1n) is 7.37. The summed E-state index contributed by atoms with van der Waals surface area (Å²) in [5.74, 6) is 1.78. The van der Waals surface area contributed by atoms with Crippen LogP contribution in [0.3, 0.4) is 0 Å². The molecule has 2 nitrogen and oxygen atoms in total. The molecule has 0 aliphatic heterocycles. The van der Waals surface area contributed by atoms with E-state index in [-0.39, 0.29) is 6.04 Å². The molecule has 2 heteroatoms. The highest BCUT2D eigenvalue weighted by atomic mass is 16.5. The summed E-state index contributed by atoms with van der Waals surface area (Å²) in [5.41, 5.74) is 9.93. The van der Waals surface area contributed by atoms with Crippen molar-refractivity contribution >= 4 is 0 Å². The zero-order valence-electron chi connectivity index (χ0n) is 11.9. The summed E-state index contributed by atoms with van der Waals surface area (Å²) >= 11 is 0. The number of benzene rings is 2. The molecule has 0 aromatic heterocycles. The van der Waals surface area contributed by atoms with Crippen molar-refractivity contribution in [1.29, 1.82) is 0 Å². The van der Waals surface area contributed by atoms with E-state index in [1.807, 2.05) is 31.2 Å². The van der Waals surface area contributed by atoms with Gasteiger partial charge in [-0.05, 0) is 73.6 Å². The number of nitrogens with two attached hydrogens (primary N) is 1. The predicted octanol–water partition coefficient (Wildman–Crippen LogP) is 4.38. The number of fused-ring (bicyclic) bond motifs is 1. The van der Waals surface area contributed by atoms with Gasteiger partial charge in [-0.2, -0.15) is 0 Å². The Labute approximate surface area is 120 Å². The molecule has 2 aromatic rings. The Balaban J connectivity index is 1.82. The molecule has 0 amide bonds. The van der Waals surface area contributed by atoms with E-state index in [9.17, 15) is 0 Å². The lowest BCUT2D eigenvalue weighted by molar-refractivity contribution is 0.479. The van der Waals surface area contributed by atoms with Gasteiger partial charge < -0.3 is 10.5 Å². The van der Waals surface area contributed by atoms with Crippen LogP contribution in [0.15, 0.2) is 42.5 Å². The van der Waals surface area contributed by atoms with Gasteiger partial charge in [0.1, 0.15) is 11.5 Å². The highest BCUT2D eigenvalue weighted by Gasteiger charge is 2.10. The van der Waals surface area contributed by atoms with Crippen LogP contribution in [0.5, 0.6) is 11.5 Å². The van der Waals surface area contributed by atoms with E-state index in [0.29, 0.717) is 0 Å². The molecule has 2 N–H and O–H groups in total. The van der Waals surface area contributed by atoms with Crippen molar-refractivity contribution in [3.8, 4) is 11.5 Å². The number of hydrogen-bond acceptors (Lipinski definition) is 2. The monoisotopic (exact) mass is 267 g/mol. The number of hydrogen-bond donors (Lipinski definition) is 1. The Morgan fingerprint density at radius 3 is 2.50 bits per heavy atom. The van der Waals surface area contributed by atoms with Gasteiger partial charge in [-0.25, -0.2) is 0 Å². The first kappa shape index (κ1) is 13.2. The number of aryl methyl sites for hydroxylation is 2. The molecule has 0 saturated carbocycles. The third kappa shape index (κ3) is 2.86. The molecular formula is C18H21NO. The molecule has 0 spiro atoms. The molecule has 0 fully saturated rings. The molecule has 0 radical (unpaired) electrons. The van der Waals surface area contributed by atoms with E-state index in [4.69, 9.17) is 10.5 Å². The number of rotatable bonds is 3. The van der Waals surface area contributed by atoms with Gasteiger partial charge in [0, 0.05) is 6.04 Å². The standard InChI is InChI=1S/C18H21NO/c1-13(19)15-7-4-8-17(11-15)20-18-10-9-14-5-2-3-6-16(14)12-18/h4,7-13H,2-3,5-6,19H2,1H3. The molecule has 1 unspecified atom stereocenters. The van der Waals surface area contributed by atoms with Crippen LogP contribution in [-0.4, -0.2) is 0 Å². The summed E-state index contributed by atoms with van der Waals surface area (Å²) in [6, 6.07) is 14.5. The summed E-state index contributed by atoms with van der Waals surface area (Å²) < 4.78 is 5.98. The minimum atomic E-state index is 0.0297. The first-order valence-corrected chi connectivity index (χ1v) is 7.37. The zero-order valence-corrected chi connectivity index (χ0v) is 11.9. The molecule has 104 valence electrons. The summed E-state index contributed by atoms with van der Waals surface area (Å²) in [7, 11) is 0. The van der Waals surface area contributed by atoms with Crippen LogP contribution in [0.25, 0.3) is 0 Å². The van der Waals surface area contributed by atoms with Crippen LogP contribution in [-0.2, 0) is 12.8 Å². The Morgan fingerprint density at radius 2 is 1.70 bits per heavy atom. The van der Waals surface area contributed by atoms with Gasteiger partial charge in [0.25, 0.3) is 0 Å². The zero-order chi connectivity index (χ0) is 13.9. The maximum absolute atomic E-state index is 5.98. The van der Waals surface area contributed by atoms with Crippen LogP contribution in [0.2, 0.25) is 0 Å². The molecule has 1 aliphatic rings. The van der Waals surface area contributed by atoms with Crippen LogP contribution in [0.4, 0.5) is 0 Å². The third-order valence-corrected chi connectivity index (χ3v) is 3.94. The van der Waals surface area contributed by atoms with Crippen molar-refractivity contribution in [3.63, 3.8) is 0 Å². The maximum atomic E-state index is 5.98. The van der Waals surface area contributed by atoms with E-state index in [1.54, 1.807) is 0 Å². The number of ether oxygens (including phenoxy) is 1. The van der Waals surface area contributed by atoms with Crippen molar-refractivity contribution < 1.29 is 4.74 Å². The quantitative estimate of drug-likeness (QED) is 0.895. The van der Waals surface area contributed by atoms with Crippen LogP contribution in [0.1, 0.15) is 42.5 Å². The van der Waals surface area contributed by atoms with Gasteiger partial charge in [0.05, 0.1) is 0 Å². The molecule has 2 aromatic carbocycles. The van der Waals surface area contributed by atoms with Crippen molar-refractivity contribution in [2.45, 2.75) is 38.6 Å².